The van der Waals surface area contributed by atoms with Gasteiger partial charge >= 0.3 is 0 Å². The van der Waals surface area contributed by atoms with Crippen LogP contribution in [0.1, 0.15) is 19.1 Å². The summed E-state index contributed by atoms with van der Waals surface area (Å²) in [5.41, 5.74) is 0. The second-order valence-electron chi connectivity index (χ2n) is 3.28. The van der Waals surface area contributed by atoms with Crippen LogP contribution in [-0.4, -0.2) is 27.3 Å². The van der Waals surface area contributed by atoms with Crippen LogP contribution in [0.4, 0.5) is 0 Å². The zero-order valence-electron chi connectivity index (χ0n) is 9.31. The maximum Gasteiger partial charge on any atom is 0.211 e. The van der Waals surface area contributed by atoms with Crippen LogP contribution in [0, 0.1) is 0 Å². The van der Waals surface area contributed by atoms with E-state index in [1.165, 1.54) is 0 Å². The monoisotopic (exact) mass is 247 g/mol. The van der Waals surface area contributed by atoms with Crippen LogP contribution in [-0.2, 0) is 21.4 Å². The zero-order chi connectivity index (χ0) is 11.9. The number of nitrogens with one attached hydrogen (secondary N) is 1. The van der Waals surface area contributed by atoms with Gasteiger partial charge in [-0.05, 0) is 25.5 Å². The molecule has 0 aliphatic rings. The summed E-state index contributed by atoms with van der Waals surface area (Å²) in [5.74, 6) is 0.884. The van der Waals surface area contributed by atoms with Gasteiger partial charge in [-0.2, -0.15) is 0 Å². The lowest BCUT2D eigenvalue weighted by Gasteiger charge is -2.04. The van der Waals surface area contributed by atoms with E-state index in [9.17, 15) is 8.42 Å². The first kappa shape index (κ1) is 13.2. The lowest BCUT2D eigenvalue weighted by atomic mass is 10.4. The molecule has 0 atom stereocenters. The Labute approximate surface area is 95.8 Å². The molecule has 1 rings (SSSR count). The Balaban J connectivity index is 2.01. The smallest absolute Gasteiger partial charge is 0.211 e. The van der Waals surface area contributed by atoms with Crippen molar-refractivity contribution >= 4 is 10.0 Å². The third-order valence-corrected chi connectivity index (χ3v) is 3.40. The summed E-state index contributed by atoms with van der Waals surface area (Å²) < 4.78 is 34.9. The molecule has 0 fully saturated rings. The molecule has 0 aliphatic heterocycles. The molecule has 0 radical (unpaired) electrons. The fourth-order valence-electron chi connectivity index (χ4n) is 1.07. The van der Waals surface area contributed by atoms with E-state index >= 15 is 0 Å². The summed E-state index contributed by atoms with van der Waals surface area (Å²) in [6.45, 7) is 2.95. The molecule has 1 aromatic rings. The maximum absolute atomic E-state index is 11.1. The molecular formula is C10H17NO4S. The minimum atomic E-state index is -3.07. The number of hydrogen-bond acceptors (Lipinski definition) is 4. The van der Waals surface area contributed by atoms with E-state index < -0.39 is 10.0 Å². The standard InChI is InChI=1S/C10H17NO4S/c1-2-16(12,13)11-6-4-7-14-9-10-5-3-8-15-10/h3,5,8,11H,2,4,6-7,9H2,1H3. The molecule has 0 bridgehead atoms. The molecule has 5 nitrogen and oxygen atoms in total. The molecule has 92 valence electrons. The molecule has 0 saturated carbocycles. The van der Waals surface area contributed by atoms with Crippen molar-refractivity contribution in [2.24, 2.45) is 0 Å². The fourth-order valence-corrected chi connectivity index (χ4v) is 1.73. The SMILES string of the molecule is CCS(=O)(=O)NCCCOCc1ccco1. The first-order valence-electron chi connectivity index (χ1n) is 5.21. The van der Waals surface area contributed by atoms with Gasteiger partial charge in [-0.1, -0.05) is 0 Å². The summed E-state index contributed by atoms with van der Waals surface area (Å²) in [6.07, 6.45) is 2.24. The van der Waals surface area contributed by atoms with E-state index in [4.69, 9.17) is 9.15 Å². The van der Waals surface area contributed by atoms with Crippen molar-refractivity contribution in [1.29, 1.82) is 0 Å². The lowest BCUT2D eigenvalue weighted by molar-refractivity contribution is 0.105. The molecule has 16 heavy (non-hydrogen) atoms. The molecule has 1 N–H and O–H groups in total. The number of ether oxygens (including phenoxy) is 1. The molecule has 0 amide bonds. The van der Waals surface area contributed by atoms with Crippen molar-refractivity contribution in [3.8, 4) is 0 Å². The van der Waals surface area contributed by atoms with Crippen LogP contribution in [0.2, 0.25) is 0 Å². The second-order valence-corrected chi connectivity index (χ2v) is 5.38. The summed E-state index contributed by atoms with van der Waals surface area (Å²) in [4.78, 5) is 0. The molecule has 0 aliphatic carbocycles. The Morgan fingerprint density at radius 2 is 2.31 bits per heavy atom. The molecule has 6 heteroatoms. The van der Waals surface area contributed by atoms with Crippen molar-refractivity contribution in [1.82, 2.24) is 4.72 Å². The lowest BCUT2D eigenvalue weighted by Crippen LogP contribution is -2.26. The maximum atomic E-state index is 11.1. The Morgan fingerprint density at radius 1 is 1.50 bits per heavy atom. The largest absolute Gasteiger partial charge is 0.467 e. The first-order valence-corrected chi connectivity index (χ1v) is 6.87. The van der Waals surface area contributed by atoms with Crippen LogP contribution >= 0.6 is 0 Å². The third kappa shape index (κ3) is 5.29. The predicted molar refractivity (Wildman–Crippen MR) is 60.4 cm³/mol. The summed E-state index contributed by atoms with van der Waals surface area (Å²) in [5, 5.41) is 0. The highest BCUT2D eigenvalue weighted by atomic mass is 32.2. The van der Waals surface area contributed by atoms with E-state index in [0.717, 1.165) is 5.76 Å². The average molecular weight is 247 g/mol. The molecule has 1 heterocycles. The van der Waals surface area contributed by atoms with Crippen molar-refractivity contribution in [2.75, 3.05) is 18.9 Å². The summed E-state index contributed by atoms with van der Waals surface area (Å²) in [6, 6.07) is 3.63. The molecule has 0 unspecified atom stereocenters. The van der Waals surface area contributed by atoms with Gasteiger partial charge in [0.05, 0.1) is 12.0 Å². The predicted octanol–water partition coefficient (Wildman–Crippen LogP) is 1.13. The van der Waals surface area contributed by atoms with E-state index in [1.807, 2.05) is 6.07 Å². The van der Waals surface area contributed by atoms with Gasteiger partial charge in [-0.3, -0.25) is 0 Å². The van der Waals surface area contributed by atoms with Crippen molar-refractivity contribution in [3.05, 3.63) is 24.2 Å². The van der Waals surface area contributed by atoms with Crippen molar-refractivity contribution < 1.29 is 17.6 Å². The first-order chi connectivity index (χ1) is 7.64. The third-order valence-electron chi connectivity index (χ3n) is 1.99. The average Bonchev–Trinajstić information content (AvgIpc) is 2.76. The van der Waals surface area contributed by atoms with Crippen molar-refractivity contribution in [2.45, 2.75) is 20.0 Å². The van der Waals surface area contributed by atoms with Gasteiger partial charge in [0.1, 0.15) is 12.4 Å². The van der Waals surface area contributed by atoms with Crippen LogP contribution in [0.5, 0.6) is 0 Å². The second kappa shape index (κ2) is 6.67. The van der Waals surface area contributed by atoms with Gasteiger partial charge < -0.3 is 9.15 Å². The summed E-state index contributed by atoms with van der Waals surface area (Å²) >= 11 is 0. The van der Waals surface area contributed by atoms with Gasteiger partial charge in [-0.15, -0.1) is 0 Å². The topological polar surface area (TPSA) is 68.5 Å². The normalized spacial score (nSPS) is 11.8. The Kier molecular flexibility index (Phi) is 5.51. The Morgan fingerprint density at radius 3 is 2.94 bits per heavy atom. The Hall–Kier alpha value is -0.850. The minimum Gasteiger partial charge on any atom is -0.467 e. The number of hydrogen-bond donors (Lipinski definition) is 1. The highest BCUT2D eigenvalue weighted by Gasteiger charge is 2.04. The van der Waals surface area contributed by atoms with Gasteiger partial charge in [-0.25, -0.2) is 13.1 Å². The van der Waals surface area contributed by atoms with E-state index in [2.05, 4.69) is 4.72 Å². The van der Waals surface area contributed by atoms with Crippen LogP contribution in [0.25, 0.3) is 0 Å². The highest BCUT2D eigenvalue weighted by molar-refractivity contribution is 7.89. The van der Waals surface area contributed by atoms with E-state index in [0.29, 0.717) is 26.2 Å². The van der Waals surface area contributed by atoms with Gasteiger partial charge in [0.25, 0.3) is 0 Å². The number of rotatable bonds is 8. The van der Waals surface area contributed by atoms with E-state index in [-0.39, 0.29) is 5.75 Å². The van der Waals surface area contributed by atoms with Gasteiger partial charge in [0.2, 0.25) is 10.0 Å². The van der Waals surface area contributed by atoms with E-state index in [1.54, 1.807) is 19.3 Å². The molecule has 0 spiro atoms. The minimum absolute atomic E-state index is 0.111. The molecule has 0 saturated heterocycles. The fraction of sp³-hybridized carbons (Fsp3) is 0.600. The number of sulfonamides is 1. The van der Waals surface area contributed by atoms with Crippen LogP contribution in [0.15, 0.2) is 22.8 Å². The molecule has 0 aromatic carbocycles. The molecule has 1 aromatic heterocycles. The highest BCUT2D eigenvalue weighted by Crippen LogP contribution is 2.01. The quantitative estimate of drug-likeness (QED) is 0.699. The Bertz CT molecular complexity index is 372. The molecular weight excluding hydrogens is 230 g/mol. The zero-order valence-corrected chi connectivity index (χ0v) is 10.1. The van der Waals surface area contributed by atoms with Crippen LogP contribution in [0.3, 0.4) is 0 Å². The van der Waals surface area contributed by atoms with Gasteiger partial charge in [0.15, 0.2) is 0 Å². The van der Waals surface area contributed by atoms with Gasteiger partial charge in [0, 0.05) is 13.2 Å². The van der Waals surface area contributed by atoms with Crippen molar-refractivity contribution in [3.63, 3.8) is 0 Å². The van der Waals surface area contributed by atoms with Crippen LogP contribution < -0.4 is 4.72 Å². The summed E-state index contributed by atoms with van der Waals surface area (Å²) in [7, 11) is -3.07. The number of furan rings is 1.